The van der Waals surface area contributed by atoms with Crippen molar-refractivity contribution >= 4 is 5.91 Å². The van der Waals surface area contributed by atoms with Crippen LogP contribution in [0, 0.1) is 6.92 Å². The highest BCUT2D eigenvalue weighted by Gasteiger charge is 2.19. The molecule has 1 amide bonds. The van der Waals surface area contributed by atoms with Gasteiger partial charge in [0, 0.05) is 13.2 Å². The number of nitrogens with one attached hydrogen (secondary N) is 1. The molecule has 0 aliphatic carbocycles. The Kier molecular flexibility index (Phi) is 2.96. The van der Waals surface area contributed by atoms with Crippen molar-refractivity contribution in [3.63, 3.8) is 0 Å². The van der Waals surface area contributed by atoms with Crippen molar-refractivity contribution in [1.82, 2.24) is 15.6 Å². The average molecular weight is 211 g/mol. The number of amides is 1. The van der Waals surface area contributed by atoms with Crippen molar-refractivity contribution in [3.05, 3.63) is 11.4 Å². The first-order valence-electron chi connectivity index (χ1n) is 4.96. The second kappa shape index (κ2) is 4.39. The molecule has 2 rings (SSSR count). The minimum absolute atomic E-state index is 0.133. The van der Waals surface area contributed by atoms with Crippen molar-refractivity contribution in [2.75, 3.05) is 13.2 Å². The third kappa shape index (κ3) is 2.33. The van der Waals surface area contributed by atoms with E-state index in [-0.39, 0.29) is 17.7 Å². The Morgan fingerprint density at radius 1 is 1.60 bits per heavy atom. The molecule has 1 aliphatic heterocycles. The molecule has 1 aromatic heterocycles. The average Bonchev–Trinajstić information content (AvgIpc) is 2.84. The summed E-state index contributed by atoms with van der Waals surface area (Å²) in [5, 5.41) is 9.80. The molecule has 0 saturated carbocycles. The van der Waals surface area contributed by atoms with Gasteiger partial charge in [-0.25, -0.2) is 4.63 Å². The van der Waals surface area contributed by atoms with E-state index in [2.05, 4.69) is 20.3 Å². The second-order valence-electron chi connectivity index (χ2n) is 3.54. The van der Waals surface area contributed by atoms with Gasteiger partial charge in [-0.2, -0.15) is 0 Å². The maximum Gasteiger partial charge on any atom is 0.275 e. The van der Waals surface area contributed by atoms with Crippen molar-refractivity contribution < 1.29 is 14.2 Å². The Morgan fingerprint density at radius 3 is 3.07 bits per heavy atom. The standard InChI is InChI=1S/C9H13N3O3/c1-6-8(12-15-11-6)9(13)10-5-7-3-2-4-14-7/h7H,2-5H2,1H3,(H,10,13). The summed E-state index contributed by atoms with van der Waals surface area (Å²) in [5.74, 6) is -0.260. The Hall–Kier alpha value is -1.43. The van der Waals surface area contributed by atoms with Gasteiger partial charge in [0.2, 0.25) is 0 Å². The molecule has 82 valence electrons. The molecule has 6 heteroatoms. The predicted molar refractivity (Wildman–Crippen MR) is 50.3 cm³/mol. The first-order chi connectivity index (χ1) is 7.27. The van der Waals surface area contributed by atoms with Crippen LogP contribution in [-0.2, 0) is 4.74 Å². The molecular weight excluding hydrogens is 198 g/mol. The fraction of sp³-hybridized carbons (Fsp3) is 0.667. The van der Waals surface area contributed by atoms with Crippen molar-refractivity contribution in [2.45, 2.75) is 25.9 Å². The lowest BCUT2D eigenvalue weighted by atomic mass is 10.2. The largest absolute Gasteiger partial charge is 0.376 e. The van der Waals surface area contributed by atoms with Crippen molar-refractivity contribution in [2.24, 2.45) is 0 Å². The fourth-order valence-electron chi connectivity index (χ4n) is 1.53. The maximum atomic E-state index is 11.6. The molecule has 2 heterocycles. The van der Waals surface area contributed by atoms with Crippen LogP contribution in [0.4, 0.5) is 0 Å². The maximum absolute atomic E-state index is 11.6. The molecule has 1 fully saturated rings. The number of rotatable bonds is 3. The Labute approximate surface area is 86.9 Å². The van der Waals surface area contributed by atoms with E-state index >= 15 is 0 Å². The van der Waals surface area contributed by atoms with Crippen molar-refractivity contribution in [1.29, 1.82) is 0 Å². The summed E-state index contributed by atoms with van der Waals surface area (Å²) >= 11 is 0. The van der Waals surface area contributed by atoms with Gasteiger partial charge >= 0.3 is 0 Å². The third-order valence-electron chi connectivity index (χ3n) is 2.38. The van der Waals surface area contributed by atoms with Gasteiger partial charge in [0.1, 0.15) is 5.69 Å². The number of aryl methyl sites for hydroxylation is 1. The lowest BCUT2D eigenvalue weighted by Crippen LogP contribution is -2.32. The number of hydrogen-bond donors (Lipinski definition) is 1. The van der Waals surface area contributed by atoms with Crippen LogP contribution in [0.1, 0.15) is 29.0 Å². The topological polar surface area (TPSA) is 77.2 Å². The zero-order valence-corrected chi connectivity index (χ0v) is 8.52. The van der Waals surface area contributed by atoms with Crippen LogP contribution in [0.25, 0.3) is 0 Å². The summed E-state index contributed by atoms with van der Waals surface area (Å²) in [6, 6.07) is 0. The fourth-order valence-corrected chi connectivity index (χ4v) is 1.53. The van der Waals surface area contributed by atoms with Gasteiger partial charge in [-0.1, -0.05) is 5.16 Å². The van der Waals surface area contributed by atoms with E-state index in [1.165, 1.54) is 0 Å². The van der Waals surface area contributed by atoms with Crippen LogP contribution >= 0.6 is 0 Å². The molecule has 1 N–H and O–H groups in total. The van der Waals surface area contributed by atoms with Gasteiger partial charge < -0.3 is 10.1 Å². The van der Waals surface area contributed by atoms with E-state index in [9.17, 15) is 4.79 Å². The molecule has 0 radical (unpaired) electrons. The normalized spacial score (nSPS) is 20.5. The van der Waals surface area contributed by atoms with E-state index in [0.717, 1.165) is 19.4 Å². The highest BCUT2D eigenvalue weighted by molar-refractivity contribution is 5.92. The smallest absolute Gasteiger partial charge is 0.275 e. The molecule has 1 unspecified atom stereocenters. The van der Waals surface area contributed by atoms with Gasteiger partial charge in [-0.3, -0.25) is 4.79 Å². The second-order valence-corrected chi connectivity index (χ2v) is 3.54. The molecule has 6 nitrogen and oxygen atoms in total. The zero-order chi connectivity index (χ0) is 10.7. The first-order valence-corrected chi connectivity index (χ1v) is 4.96. The monoisotopic (exact) mass is 211 g/mol. The highest BCUT2D eigenvalue weighted by Crippen LogP contribution is 2.10. The van der Waals surface area contributed by atoms with E-state index in [0.29, 0.717) is 12.2 Å². The molecule has 15 heavy (non-hydrogen) atoms. The Bertz CT molecular complexity index is 344. The van der Waals surface area contributed by atoms with Crippen LogP contribution in [0.3, 0.4) is 0 Å². The van der Waals surface area contributed by atoms with E-state index in [4.69, 9.17) is 4.74 Å². The molecule has 0 aromatic carbocycles. The number of nitrogens with zero attached hydrogens (tertiary/aromatic N) is 2. The number of hydrogen-bond acceptors (Lipinski definition) is 5. The quantitative estimate of drug-likeness (QED) is 0.777. The number of carbonyl (C=O) groups is 1. The van der Waals surface area contributed by atoms with Crippen LogP contribution in [0.5, 0.6) is 0 Å². The Morgan fingerprint density at radius 2 is 2.47 bits per heavy atom. The molecule has 1 aliphatic rings. The number of carbonyl (C=O) groups excluding carboxylic acids is 1. The molecule has 1 atom stereocenters. The Balaban J connectivity index is 1.84. The summed E-state index contributed by atoms with van der Waals surface area (Å²) in [4.78, 5) is 11.6. The minimum Gasteiger partial charge on any atom is -0.376 e. The molecule has 1 saturated heterocycles. The van der Waals surface area contributed by atoms with Crippen LogP contribution in [0.2, 0.25) is 0 Å². The van der Waals surface area contributed by atoms with E-state index < -0.39 is 0 Å². The summed E-state index contributed by atoms with van der Waals surface area (Å²) in [5.41, 5.74) is 0.743. The summed E-state index contributed by atoms with van der Waals surface area (Å²) in [7, 11) is 0. The number of ether oxygens (including phenoxy) is 1. The van der Waals surface area contributed by atoms with Gasteiger partial charge in [0.15, 0.2) is 5.69 Å². The number of aromatic nitrogens is 2. The molecule has 0 bridgehead atoms. The van der Waals surface area contributed by atoms with Crippen molar-refractivity contribution in [3.8, 4) is 0 Å². The third-order valence-corrected chi connectivity index (χ3v) is 2.38. The zero-order valence-electron chi connectivity index (χ0n) is 8.52. The highest BCUT2D eigenvalue weighted by atomic mass is 16.6. The van der Waals surface area contributed by atoms with Gasteiger partial charge in [-0.15, -0.1) is 0 Å². The van der Waals surface area contributed by atoms with Gasteiger partial charge in [-0.05, 0) is 24.9 Å². The van der Waals surface area contributed by atoms with E-state index in [1.807, 2.05) is 0 Å². The first kappa shape index (κ1) is 10.1. The summed E-state index contributed by atoms with van der Waals surface area (Å²) in [6.45, 7) is 2.98. The molecule has 1 aromatic rings. The SMILES string of the molecule is Cc1nonc1C(=O)NCC1CCCO1. The van der Waals surface area contributed by atoms with E-state index in [1.54, 1.807) is 6.92 Å². The minimum atomic E-state index is -0.260. The predicted octanol–water partition coefficient (Wildman–Crippen LogP) is 0.287. The van der Waals surface area contributed by atoms with Crippen LogP contribution < -0.4 is 5.32 Å². The summed E-state index contributed by atoms with van der Waals surface area (Å²) in [6.07, 6.45) is 2.19. The lowest BCUT2D eigenvalue weighted by Gasteiger charge is -2.09. The summed E-state index contributed by atoms with van der Waals surface area (Å²) < 4.78 is 9.82. The van der Waals surface area contributed by atoms with Crippen LogP contribution in [0.15, 0.2) is 4.63 Å². The lowest BCUT2D eigenvalue weighted by molar-refractivity contribution is 0.0849. The van der Waals surface area contributed by atoms with Crippen LogP contribution in [-0.4, -0.2) is 35.5 Å². The van der Waals surface area contributed by atoms with Gasteiger partial charge in [0.05, 0.1) is 6.10 Å². The molecular formula is C9H13N3O3. The molecule has 0 spiro atoms. The van der Waals surface area contributed by atoms with Gasteiger partial charge in [0.25, 0.3) is 5.91 Å².